The molecule has 0 unspecified atom stereocenters. The number of nitrogen functional groups attached to an aromatic ring is 1. The van der Waals surface area contributed by atoms with Gasteiger partial charge in [0.1, 0.15) is 16.9 Å². The standard InChI is InChI=1S/C20H20N4OS/c1-12-5-7-15(8-6-12)26-18-10-17(23-20(22)24-18)16-4-2-3-13-9-14(11-21)25-19(13)16/h2-8,10,14H,9,11,21H2,1H3,(H2,22,23,24)/t14-/m1/s1. The first-order chi connectivity index (χ1) is 12.6. The summed E-state index contributed by atoms with van der Waals surface area (Å²) >= 11 is 1.57. The molecular formula is C20H20N4OS. The molecule has 0 fully saturated rings. The highest BCUT2D eigenvalue weighted by Gasteiger charge is 2.25. The molecule has 2 aromatic carbocycles. The van der Waals surface area contributed by atoms with Crippen molar-refractivity contribution < 1.29 is 4.74 Å². The molecule has 26 heavy (non-hydrogen) atoms. The van der Waals surface area contributed by atoms with E-state index < -0.39 is 0 Å². The maximum atomic E-state index is 6.02. The van der Waals surface area contributed by atoms with E-state index in [9.17, 15) is 0 Å². The van der Waals surface area contributed by atoms with Crippen LogP contribution < -0.4 is 16.2 Å². The van der Waals surface area contributed by atoms with Gasteiger partial charge in [-0.1, -0.05) is 41.6 Å². The number of aryl methyl sites for hydroxylation is 1. The van der Waals surface area contributed by atoms with Gasteiger partial charge in [-0.25, -0.2) is 9.97 Å². The number of aromatic nitrogens is 2. The fraction of sp³-hybridized carbons (Fsp3) is 0.200. The predicted molar refractivity (Wildman–Crippen MR) is 104 cm³/mol. The van der Waals surface area contributed by atoms with Crippen molar-refractivity contribution in [2.45, 2.75) is 29.4 Å². The van der Waals surface area contributed by atoms with Crippen molar-refractivity contribution in [3.8, 4) is 17.0 Å². The minimum absolute atomic E-state index is 0.0201. The Morgan fingerprint density at radius 2 is 1.96 bits per heavy atom. The van der Waals surface area contributed by atoms with Gasteiger partial charge in [0.25, 0.3) is 0 Å². The summed E-state index contributed by atoms with van der Waals surface area (Å²) in [6.07, 6.45) is 0.845. The number of hydrogen-bond donors (Lipinski definition) is 2. The monoisotopic (exact) mass is 364 g/mol. The molecule has 0 saturated heterocycles. The van der Waals surface area contributed by atoms with Gasteiger partial charge in [0, 0.05) is 23.4 Å². The number of para-hydroxylation sites is 1. The first-order valence-electron chi connectivity index (χ1n) is 8.50. The van der Waals surface area contributed by atoms with Crippen LogP contribution >= 0.6 is 11.8 Å². The van der Waals surface area contributed by atoms with Gasteiger partial charge in [0.2, 0.25) is 5.95 Å². The van der Waals surface area contributed by atoms with Gasteiger partial charge in [-0.05, 0) is 36.8 Å². The van der Waals surface area contributed by atoms with E-state index in [1.54, 1.807) is 11.8 Å². The third-order valence-corrected chi connectivity index (χ3v) is 5.26. The highest BCUT2D eigenvalue weighted by molar-refractivity contribution is 7.99. The molecule has 1 atom stereocenters. The summed E-state index contributed by atoms with van der Waals surface area (Å²) in [5, 5.41) is 0.808. The van der Waals surface area contributed by atoms with E-state index in [0.29, 0.717) is 6.54 Å². The van der Waals surface area contributed by atoms with Gasteiger partial charge in [-0.3, -0.25) is 0 Å². The Hall–Kier alpha value is -2.57. The lowest BCUT2D eigenvalue weighted by Crippen LogP contribution is -2.24. The largest absolute Gasteiger partial charge is 0.488 e. The lowest BCUT2D eigenvalue weighted by molar-refractivity contribution is 0.242. The Balaban J connectivity index is 1.70. The average Bonchev–Trinajstić information content (AvgIpc) is 3.06. The van der Waals surface area contributed by atoms with Gasteiger partial charge in [0.05, 0.1) is 5.69 Å². The zero-order valence-corrected chi connectivity index (χ0v) is 15.3. The lowest BCUT2D eigenvalue weighted by atomic mass is 10.0. The fourth-order valence-corrected chi connectivity index (χ4v) is 3.86. The van der Waals surface area contributed by atoms with Crippen molar-refractivity contribution >= 4 is 17.7 Å². The summed E-state index contributed by atoms with van der Waals surface area (Å²) in [6, 6.07) is 16.4. The maximum absolute atomic E-state index is 6.02. The molecule has 1 aliphatic rings. The maximum Gasteiger partial charge on any atom is 0.221 e. The van der Waals surface area contributed by atoms with Crippen LogP contribution in [0.2, 0.25) is 0 Å². The van der Waals surface area contributed by atoms with Crippen molar-refractivity contribution in [3.63, 3.8) is 0 Å². The second-order valence-corrected chi connectivity index (χ2v) is 7.43. The smallest absolute Gasteiger partial charge is 0.221 e. The van der Waals surface area contributed by atoms with Gasteiger partial charge in [-0.15, -0.1) is 0 Å². The molecule has 4 rings (SSSR count). The molecule has 6 heteroatoms. The molecule has 132 valence electrons. The first kappa shape index (κ1) is 16.9. The summed E-state index contributed by atoms with van der Waals surface area (Å²) < 4.78 is 6.02. The van der Waals surface area contributed by atoms with Crippen molar-refractivity contribution in [2.75, 3.05) is 12.3 Å². The van der Waals surface area contributed by atoms with Crippen LogP contribution in [-0.4, -0.2) is 22.6 Å². The quantitative estimate of drug-likeness (QED) is 0.690. The van der Waals surface area contributed by atoms with E-state index >= 15 is 0 Å². The topological polar surface area (TPSA) is 87.0 Å². The van der Waals surface area contributed by atoms with E-state index in [2.05, 4.69) is 47.2 Å². The summed E-state index contributed by atoms with van der Waals surface area (Å²) in [5.74, 6) is 1.11. The Labute approximate surface area is 156 Å². The third kappa shape index (κ3) is 3.38. The van der Waals surface area contributed by atoms with Crippen LogP contribution in [-0.2, 0) is 6.42 Å². The number of rotatable bonds is 4. The molecule has 3 aromatic rings. The van der Waals surface area contributed by atoms with Crippen LogP contribution in [0.15, 0.2) is 58.5 Å². The Morgan fingerprint density at radius 1 is 1.15 bits per heavy atom. The van der Waals surface area contributed by atoms with Gasteiger partial charge >= 0.3 is 0 Å². The van der Waals surface area contributed by atoms with Gasteiger partial charge in [0.15, 0.2) is 0 Å². The zero-order chi connectivity index (χ0) is 18.1. The minimum atomic E-state index is 0.0201. The Kier molecular flexibility index (Phi) is 4.53. The number of benzene rings is 2. The van der Waals surface area contributed by atoms with Crippen LogP contribution in [0.4, 0.5) is 5.95 Å². The number of ether oxygens (including phenoxy) is 1. The average molecular weight is 364 g/mol. The first-order valence-corrected chi connectivity index (χ1v) is 9.32. The second kappa shape index (κ2) is 6.97. The van der Waals surface area contributed by atoms with Crippen LogP contribution in [0, 0.1) is 6.92 Å². The highest BCUT2D eigenvalue weighted by atomic mass is 32.2. The molecule has 4 N–H and O–H groups in total. The normalized spacial score (nSPS) is 15.5. The second-order valence-electron chi connectivity index (χ2n) is 6.34. The molecule has 1 aromatic heterocycles. The number of fused-ring (bicyclic) bond motifs is 1. The highest BCUT2D eigenvalue weighted by Crippen LogP contribution is 2.39. The summed E-state index contributed by atoms with van der Waals surface area (Å²) in [4.78, 5) is 9.91. The summed E-state index contributed by atoms with van der Waals surface area (Å²) in [7, 11) is 0. The van der Waals surface area contributed by atoms with Crippen LogP contribution in [0.5, 0.6) is 5.75 Å². The van der Waals surface area contributed by atoms with E-state index in [4.69, 9.17) is 16.2 Å². The zero-order valence-electron chi connectivity index (χ0n) is 14.5. The molecule has 0 spiro atoms. The Bertz CT molecular complexity index is 943. The summed E-state index contributed by atoms with van der Waals surface area (Å²) in [6.45, 7) is 2.56. The van der Waals surface area contributed by atoms with E-state index in [0.717, 1.165) is 38.9 Å². The molecular weight excluding hydrogens is 344 g/mol. The van der Waals surface area contributed by atoms with Gasteiger partial charge < -0.3 is 16.2 Å². The van der Waals surface area contributed by atoms with Crippen molar-refractivity contribution in [1.29, 1.82) is 0 Å². The number of nitrogens with two attached hydrogens (primary N) is 2. The molecule has 0 bridgehead atoms. The number of hydrogen-bond acceptors (Lipinski definition) is 6. The third-order valence-electron chi connectivity index (χ3n) is 4.33. The van der Waals surface area contributed by atoms with Crippen molar-refractivity contribution in [2.24, 2.45) is 5.73 Å². The fourth-order valence-electron chi connectivity index (χ4n) is 3.03. The molecule has 1 aliphatic heterocycles. The molecule has 0 amide bonds. The minimum Gasteiger partial charge on any atom is -0.488 e. The van der Waals surface area contributed by atoms with Gasteiger partial charge in [-0.2, -0.15) is 0 Å². The lowest BCUT2D eigenvalue weighted by Gasteiger charge is -2.11. The molecule has 5 nitrogen and oxygen atoms in total. The summed E-state index contributed by atoms with van der Waals surface area (Å²) in [5.41, 5.74) is 15.8. The number of nitrogens with zero attached hydrogens (tertiary/aromatic N) is 2. The van der Waals surface area contributed by atoms with Crippen LogP contribution in [0.3, 0.4) is 0 Å². The van der Waals surface area contributed by atoms with Crippen molar-refractivity contribution in [3.05, 3.63) is 59.7 Å². The Morgan fingerprint density at radius 3 is 2.73 bits per heavy atom. The van der Waals surface area contributed by atoms with Crippen LogP contribution in [0.1, 0.15) is 11.1 Å². The van der Waals surface area contributed by atoms with E-state index in [1.165, 1.54) is 5.56 Å². The van der Waals surface area contributed by atoms with Crippen LogP contribution in [0.25, 0.3) is 11.3 Å². The molecule has 0 aliphatic carbocycles. The van der Waals surface area contributed by atoms with E-state index in [-0.39, 0.29) is 12.1 Å². The van der Waals surface area contributed by atoms with Crippen molar-refractivity contribution in [1.82, 2.24) is 9.97 Å². The molecule has 2 heterocycles. The molecule has 0 saturated carbocycles. The SMILES string of the molecule is Cc1ccc(Sc2cc(-c3cccc4c3O[C@@H](CN)C4)nc(N)n2)cc1. The molecule has 0 radical (unpaired) electrons. The number of anilines is 1. The predicted octanol–water partition coefficient (Wildman–Crippen LogP) is 3.45. The van der Waals surface area contributed by atoms with E-state index in [1.807, 2.05) is 18.2 Å².